The normalized spacial score (nSPS) is 17.5. The molecule has 0 radical (unpaired) electrons. The topological polar surface area (TPSA) is 25.0 Å². The van der Waals surface area contributed by atoms with Crippen molar-refractivity contribution in [3.05, 3.63) is 0 Å². The summed E-state index contributed by atoms with van der Waals surface area (Å²) in [7, 11) is 6.40. The lowest BCUT2D eigenvalue weighted by Gasteiger charge is -2.41. The van der Waals surface area contributed by atoms with Crippen LogP contribution in [0.3, 0.4) is 0 Å². The van der Waals surface area contributed by atoms with Crippen LogP contribution in [0.1, 0.15) is 148 Å². The first-order valence-corrected chi connectivity index (χ1v) is 18.3. The predicted octanol–water partition coefficient (Wildman–Crippen LogP) is 9.13. The molecule has 1 heterocycles. The van der Waals surface area contributed by atoms with E-state index in [4.69, 9.17) is 0 Å². The monoisotopic (exact) mass is 602 g/mol. The number of nitrogens with one attached hydrogen (secondary N) is 1. The highest BCUT2D eigenvalue weighted by molar-refractivity contribution is 4.91. The molecule has 42 heavy (non-hydrogen) atoms. The zero-order chi connectivity index (χ0) is 33.6. The van der Waals surface area contributed by atoms with Crippen molar-refractivity contribution in [1.82, 2.24) is 24.9 Å². The van der Waals surface area contributed by atoms with Gasteiger partial charge in [-0.2, -0.15) is 0 Å². The molecule has 1 aliphatic rings. The SMILES string of the molecule is CC.CC.CC1CCCC(C)(C)NC(C)(C)C1.CCCCN(CC)CCCN(CC)CC.CCCN(C)CCN(C)C. The molecule has 1 rings (SSSR count). The van der Waals surface area contributed by atoms with E-state index in [0.29, 0.717) is 11.1 Å². The highest BCUT2D eigenvalue weighted by atomic mass is 15.1. The van der Waals surface area contributed by atoms with Gasteiger partial charge in [0.2, 0.25) is 0 Å². The van der Waals surface area contributed by atoms with E-state index in [1.165, 1.54) is 104 Å². The first-order valence-electron chi connectivity index (χ1n) is 18.3. The third-order valence-electron chi connectivity index (χ3n) is 7.69. The van der Waals surface area contributed by atoms with E-state index in [2.05, 4.69) is 115 Å². The largest absolute Gasteiger partial charge is 0.308 e. The van der Waals surface area contributed by atoms with E-state index in [9.17, 15) is 0 Å². The molecule has 0 saturated carbocycles. The van der Waals surface area contributed by atoms with Gasteiger partial charge in [-0.1, -0.05) is 88.5 Å². The second kappa shape index (κ2) is 32.2. The van der Waals surface area contributed by atoms with Gasteiger partial charge in [-0.3, -0.25) is 0 Å². The molecular weight excluding hydrogens is 514 g/mol. The summed E-state index contributed by atoms with van der Waals surface area (Å²) in [4.78, 5) is 9.66. The van der Waals surface area contributed by atoms with E-state index >= 15 is 0 Å². The number of likely N-dealkylation sites (N-methyl/N-ethyl adjacent to an activating group) is 2. The van der Waals surface area contributed by atoms with Crippen LogP contribution in [0.4, 0.5) is 0 Å². The Morgan fingerprint density at radius 1 is 0.619 bits per heavy atom. The summed E-state index contributed by atoms with van der Waals surface area (Å²) in [5.74, 6) is 0.874. The van der Waals surface area contributed by atoms with Gasteiger partial charge >= 0.3 is 0 Å². The van der Waals surface area contributed by atoms with Crippen molar-refractivity contribution >= 4 is 0 Å². The van der Waals surface area contributed by atoms with Gasteiger partial charge in [0.25, 0.3) is 0 Å². The first-order chi connectivity index (χ1) is 19.7. The van der Waals surface area contributed by atoms with Crippen LogP contribution in [0, 0.1) is 5.92 Å². The van der Waals surface area contributed by atoms with Gasteiger partial charge in [0, 0.05) is 24.2 Å². The molecule has 0 aromatic rings. The highest BCUT2D eigenvalue weighted by Crippen LogP contribution is 2.29. The average molecular weight is 602 g/mol. The van der Waals surface area contributed by atoms with Gasteiger partial charge in [0.1, 0.15) is 0 Å². The van der Waals surface area contributed by atoms with Crippen molar-refractivity contribution in [2.45, 2.75) is 159 Å². The summed E-state index contributed by atoms with van der Waals surface area (Å²) in [5, 5.41) is 3.76. The first kappa shape index (κ1) is 48.7. The molecule has 0 spiro atoms. The van der Waals surface area contributed by atoms with Crippen LogP contribution in [0.5, 0.6) is 0 Å². The van der Waals surface area contributed by atoms with E-state index in [0.717, 1.165) is 12.5 Å². The molecule has 5 heteroatoms. The summed E-state index contributed by atoms with van der Waals surface area (Å²) in [6, 6.07) is 0. The van der Waals surface area contributed by atoms with Crippen LogP contribution in [0.15, 0.2) is 0 Å². The third-order valence-corrected chi connectivity index (χ3v) is 7.69. The van der Waals surface area contributed by atoms with E-state index in [1.807, 2.05) is 27.7 Å². The number of nitrogens with zero attached hydrogens (tertiary/aromatic N) is 4. The molecule has 0 aromatic heterocycles. The molecule has 1 saturated heterocycles. The maximum Gasteiger partial charge on any atom is 0.0132 e. The van der Waals surface area contributed by atoms with Gasteiger partial charge in [-0.15, -0.1) is 0 Å². The fraction of sp³-hybridized carbons (Fsp3) is 1.00. The van der Waals surface area contributed by atoms with E-state index < -0.39 is 0 Å². The second-order valence-corrected chi connectivity index (χ2v) is 13.4. The van der Waals surface area contributed by atoms with Crippen molar-refractivity contribution in [2.24, 2.45) is 5.92 Å². The van der Waals surface area contributed by atoms with Crippen molar-refractivity contribution in [1.29, 1.82) is 0 Å². The summed E-state index contributed by atoms with van der Waals surface area (Å²) in [6.45, 7) is 41.9. The molecule has 0 aromatic carbocycles. The summed E-state index contributed by atoms with van der Waals surface area (Å²) >= 11 is 0. The quantitative estimate of drug-likeness (QED) is 0.202. The molecule has 1 unspecified atom stereocenters. The minimum atomic E-state index is 0.309. The third kappa shape index (κ3) is 34.3. The van der Waals surface area contributed by atoms with E-state index in [-0.39, 0.29) is 0 Å². The van der Waals surface area contributed by atoms with Crippen LogP contribution >= 0.6 is 0 Å². The smallest absolute Gasteiger partial charge is 0.0132 e. The molecule has 1 atom stereocenters. The zero-order valence-corrected chi connectivity index (χ0v) is 32.9. The van der Waals surface area contributed by atoms with E-state index in [1.54, 1.807) is 0 Å². The molecule has 1 aliphatic heterocycles. The fourth-order valence-corrected chi connectivity index (χ4v) is 5.63. The van der Waals surface area contributed by atoms with Crippen LogP contribution in [-0.4, -0.2) is 111 Å². The molecule has 0 aliphatic carbocycles. The minimum absolute atomic E-state index is 0.309. The standard InChI is InChI=1S/C13H30N2.C12H25N.C8H20N2.2C2H6/c1-5-9-11-15(8-4)13-10-12-14(6-2)7-3;1-10-7-6-8-11(2,3)13-12(4,5)9-10;1-5-6-10(4)8-7-9(2)3;2*1-2/h5-13H2,1-4H3;10,13H,6-9H2,1-5H3;5-8H2,1-4H3;2*1-2H3. The van der Waals surface area contributed by atoms with Crippen molar-refractivity contribution < 1.29 is 0 Å². The molecule has 260 valence electrons. The Kier molecular flexibility index (Phi) is 37.3. The van der Waals surface area contributed by atoms with Gasteiger partial charge in [-0.25, -0.2) is 0 Å². The maximum absolute atomic E-state index is 3.76. The Labute approximate surface area is 269 Å². The Morgan fingerprint density at radius 2 is 1.12 bits per heavy atom. The summed E-state index contributed by atoms with van der Waals surface area (Å²) in [6.07, 6.45) is 10.6. The zero-order valence-electron chi connectivity index (χ0n) is 32.9. The number of rotatable bonds is 15. The Hall–Kier alpha value is -0.200. The highest BCUT2D eigenvalue weighted by Gasteiger charge is 2.30. The Morgan fingerprint density at radius 3 is 1.57 bits per heavy atom. The van der Waals surface area contributed by atoms with Crippen LogP contribution in [0.25, 0.3) is 0 Å². The summed E-state index contributed by atoms with van der Waals surface area (Å²) < 4.78 is 0. The van der Waals surface area contributed by atoms with Gasteiger partial charge in [0.05, 0.1) is 0 Å². The lowest BCUT2D eigenvalue weighted by molar-refractivity contribution is 0.184. The minimum Gasteiger partial charge on any atom is -0.308 e. The van der Waals surface area contributed by atoms with Crippen molar-refractivity contribution in [3.8, 4) is 0 Å². The number of hydrogen-bond donors (Lipinski definition) is 1. The van der Waals surface area contributed by atoms with Crippen molar-refractivity contribution in [3.63, 3.8) is 0 Å². The maximum atomic E-state index is 3.76. The lowest BCUT2D eigenvalue weighted by Crippen LogP contribution is -2.53. The second-order valence-electron chi connectivity index (χ2n) is 13.4. The molecule has 0 bridgehead atoms. The Balaban J connectivity index is -0.000000247. The number of unbranched alkanes of at least 4 members (excludes halogenated alkanes) is 1. The van der Waals surface area contributed by atoms with Crippen LogP contribution in [0.2, 0.25) is 0 Å². The van der Waals surface area contributed by atoms with Gasteiger partial charge < -0.3 is 24.9 Å². The molecule has 1 fully saturated rings. The Bertz CT molecular complexity index is 502. The van der Waals surface area contributed by atoms with Crippen molar-refractivity contribution in [2.75, 3.05) is 80.0 Å². The lowest BCUT2D eigenvalue weighted by atomic mass is 9.81. The molecule has 0 amide bonds. The van der Waals surface area contributed by atoms with Gasteiger partial charge in [0.15, 0.2) is 0 Å². The van der Waals surface area contributed by atoms with Crippen LogP contribution in [-0.2, 0) is 0 Å². The average Bonchev–Trinajstić information content (AvgIpc) is 2.93. The number of hydrogen-bond acceptors (Lipinski definition) is 5. The van der Waals surface area contributed by atoms with Gasteiger partial charge in [-0.05, 0) is 133 Å². The molecular formula is C37H87N5. The fourth-order valence-electron chi connectivity index (χ4n) is 5.63. The predicted molar refractivity (Wildman–Crippen MR) is 197 cm³/mol. The molecule has 5 nitrogen and oxygen atoms in total. The van der Waals surface area contributed by atoms with Crippen LogP contribution < -0.4 is 5.32 Å². The molecule has 1 N–H and O–H groups in total. The summed E-state index contributed by atoms with van der Waals surface area (Å²) in [5.41, 5.74) is 0.632.